The first-order valence-corrected chi connectivity index (χ1v) is 13.4. The number of hydrogen-bond acceptors (Lipinski definition) is 7. The second-order valence-electron chi connectivity index (χ2n) is 9.12. The molecule has 0 amide bonds. The fraction of sp³-hybridized carbons (Fsp3) is 0.182. The second kappa shape index (κ2) is 12.8. The molecule has 41 heavy (non-hydrogen) atoms. The molecule has 0 bridgehead atoms. The van der Waals surface area contributed by atoms with Crippen LogP contribution in [-0.4, -0.2) is 35.1 Å². The first kappa shape index (κ1) is 27.5. The Morgan fingerprint density at radius 1 is 0.683 bits per heavy atom. The van der Waals surface area contributed by atoms with E-state index < -0.39 is 11.9 Å². The van der Waals surface area contributed by atoms with Crippen molar-refractivity contribution < 1.29 is 28.5 Å². The lowest BCUT2D eigenvalue weighted by Gasteiger charge is -2.16. The van der Waals surface area contributed by atoms with E-state index in [4.69, 9.17) is 23.9 Å². The van der Waals surface area contributed by atoms with E-state index in [-0.39, 0.29) is 32.0 Å². The summed E-state index contributed by atoms with van der Waals surface area (Å²) in [5.41, 5.74) is 4.16. The van der Waals surface area contributed by atoms with Gasteiger partial charge >= 0.3 is 11.9 Å². The van der Waals surface area contributed by atoms with Crippen LogP contribution < -0.4 is 9.47 Å². The van der Waals surface area contributed by atoms with E-state index in [1.807, 2.05) is 66.7 Å². The van der Waals surface area contributed by atoms with Crippen LogP contribution in [0.1, 0.15) is 45.7 Å². The zero-order chi connectivity index (χ0) is 28.6. The lowest BCUT2D eigenvalue weighted by Crippen LogP contribution is -2.10. The van der Waals surface area contributed by atoms with Gasteiger partial charge in [-0.05, 0) is 49.2 Å². The largest absolute Gasteiger partial charge is 0.488 e. The van der Waals surface area contributed by atoms with Gasteiger partial charge in [0.05, 0.1) is 29.9 Å². The zero-order valence-corrected chi connectivity index (χ0v) is 22.9. The lowest BCUT2D eigenvalue weighted by molar-refractivity contribution is 0.0514. The number of fused-ring (bicyclic) bond motifs is 1. The van der Waals surface area contributed by atoms with Crippen LogP contribution in [0.3, 0.4) is 0 Å². The molecule has 8 heteroatoms. The average molecular weight is 551 g/mol. The highest BCUT2D eigenvalue weighted by Gasteiger charge is 2.23. The van der Waals surface area contributed by atoms with Crippen molar-refractivity contribution in [3.8, 4) is 22.9 Å². The van der Waals surface area contributed by atoms with Gasteiger partial charge in [-0.3, -0.25) is 0 Å². The van der Waals surface area contributed by atoms with Gasteiger partial charge in [0, 0.05) is 0 Å². The van der Waals surface area contributed by atoms with Crippen LogP contribution in [0.15, 0.2) is 91.0 Å². The number of nitrogens with zero attached hydrogens (tertiary/aromatic N) is 1. The zero-order valence-electron chi connectivity index (χ0n) is 22.9. The molecule has 0 saturated heterocycles. The van der Waals surface area contributed by atoms with E-state index in [1.54, 1.807) is 38.1 Å². The Hall–Kier alpha value is -5.11. The van der Waals surface area contributed by atoms with Crippen LogP contribution in [0.4, 0.5) is 0 Å². The predicted octanol–water partition coefficient (Wildman–Crippen LogP) is 6.74. The van der Waals surface area contributed by atoms with Crippen LogP contribution in [0.25, 0.3) is 22.4 Å². The Morgan fingerprint density at radius 2 is 1.27 bits per heavy atom. The van der Waals surface area contributed by atoms with Crippen LogP contribution in [0.2, 0.25) is 0 Å². The summed E-state index contributed by atoms with van der Waals surface area (Å²) in [4.78, 5) is 33.7. The number of carbonyl (C=O) groups excluding carboxylic acids is 2. The number of aromatic nitrogens is 2. The lowest BCUT2D eigenvalue weighted by atomic mass is 10.1. The first-order chi connectivity index (χ1) is 20.1. The van der Waals surface area contributed by atoms with Crippen LogP contribution in [0, 0.1) is 0 Å². The standard InChI is InChI=1S/C33H30N2O6/c1-3-38-32(36)24-16-11-17-27-30(24)35-31(34-27)25-18-29(41-21-23-14-9-6-10-15-23)26(33(37)39-4-2)19-28(25)40-20-22-12-7-5-8-13-22/h5-19H,3-4,20-21H2,1-2H3,(H,34,35). The molecule has 1 N–H and O–H groups in total. The fourth-order valence-corrected chi connectivity index (χ4v) is 4.36. The average Bonchev–Trinajstić information content (AvgIpc) is 3.44. The third-order valence-electron chi connectivity index (χ3n) is 6.31. The Kier molecular flexibility index (Phi) is 8.59. The van der Waals surface area contributed by atoms with Gasteiger partial charge < -0.3 is 23.9 Å². The minimum absolute atomic E-state index is 0.207. The Labute approximate surface area is 237 Å². The maximum absolute atomic E-state index is 13.0. The molecule has 1 heterocycles. The smallest absolute Gasteiger partial charge is 0.342 e. The molecule has 0 radical (unpaired) electrons. The predicted molar refractivity (Wildman–Crippen MR) is 155 cm³/mol. The van der Waals surface area contributed by atoms with Gasteiger partial charge in [-0.15, -0.1) is 0 Å². The van der Waals surface area contributed by atoms with E-state index in [2.05, 4.69) is 4.98 Å². The van der Waals surface area contributed by atoms with Crippen molar-refractivity contribution in [3.05, 3.63) is 113 Å². The van der Waals surface area contributed by atoms with Crippen LogP contribution >= 0.6 is 0 Å². The minimum atomic E-state index is -0.527. The summed E-state index contributed by atoms with van der Waals surface area (Å²) in [5.74, 6) is 0.183. The summed E-state index contributed by atoms with van der Waals surface area (Å²) in [5, 5.41) is 0. The van der Waals surface area contributed by atoms with Crippen molar-refractivity contribution in [3.63, 3.8) is 0 Å². The van der Waals surface area contributed by atoms with Crippen LogP contribution in [0.5, 0.6) is 11.5 Å². The molecule has 0 aliphatic carbocycles. The van der Waals surface area contributed by atoms with Crippen molar-refractivity contribution in [1.29, 1.82) is 0 Å². The van der Waals surface area contributed by atoms with Gasteiger partial charge in [0.2, 0.25) is 0 Å². The fourth-order valence-electron chi connectivity index (χ4n) is 4.36. The molecule has 1 aromatic heterocycles. The Balaban J connectivity index is 1.62. The molecule has 8 nitrogen and oxygen atoms in total. The molecule has 0 aliphatic rings. The number of esters is 2. The maximum atomic E-state index is 13.0. The summed E-state index contributed by atoms with van der Waals surface area (Å²) in [6, 6.07) is 28.0. The van der Waals surface area contributed by atoms with Crippen molar-refractivity contribution in [2.24, 2.45) is 0 Å². The number of imidazole rings is 1. The number of aromatic amines is 1. The highest BCUT2D eigenvalue weighted by molar-refractivity contribution is 6.03. The van der Waals surface area contributed by atoms with Crippen molar-refractivity contribution in [1.82, 2.24) is 9.97 Å². The van der Waals surface area contributed by atoms with E-state index in [0.717, 1.165) is 11.1 Å². The third-order valence-corrected chi connectivity index (χ3v) is 6.31. The molecular weight excluding hydrogens is 520 g/mol. The number of nitrogens with one attached hydrogen (secondary N) is 1. The number of ether oxygens (including phenoxy) is 4. The van der Waals surface area contributed by atoms with E-state index >= 15 is 0 Å². The van der Waals surface area contributed by atoms with E-state index in [1.165, 1.54) is 0 Å². The summed E-state index contributed by atoms with van der Waals surface area (Å²) < 4.78 is 23.0. The topological polar surface area (TPSA) is 99.7 Å². The van der Waals surface area contributed by atoms with Gasteiger partial charge in [-0.25, -0.2) is 14.6 Å². The van der Waals surface area contributed by atoms with Crippen molar-refractivity contribution in [2.75, 3.05) is 13.2 Å². The quantitative estimate of drug-likeness (QED) is 0.182. The first-order valence-electron chi connectivity index (χ1n) is 13.4. The van der Waals surface area contributed by atoms with Gasteiger partial charge in [0.25, 0.3) is 0 Å². The van der Waals surface area contributed by atoms with Crippen LogP contribution in [-0.2, 0) is 22.7 Å². The highest BCUT2D eigenvalue weighted by atomic mass is 16.5. The molecule has 0 spiro atoms. The number of para-hydroxylation sites is 1. The molecule has 0 unspecified atom stereocenters. The molecule has 0 saturated carbocycles. The molecule has 5 aromatic rings. The SMILES string of the molecule is CCOC(=O)c1cc(OCc2ccccc2)c(-c2nc3c(C(=O)OCC)cccc3[nH]2)cc1OCc1ccccc1. The monoisotopic (exact) mass is 550 g/mol. The second-order valence-corrected chi connectivity index (χ2v) is 9.12. The summed E-state index contributed by atoms with van der Waals surface area (Å²) in [7, 11) is 0. The molecule has 0 fully saturated rings. The Bertz CT molecular complexity index is 1650. The number of benzene rings is 4. The minimum Gasteiger partial charge on any atom is -0.488 e. The summed E-state index contributed by atoms with van der Waals surface area (Å²) >= 11 is 0. The van der Waals surface area contributed by atoms with Gasteiger partial charge in [-0.1, -0.05) is 66.7 Å². The molecule has 0 aliphatic heterocycles. The number of hydrogen-bond donors (Lipinski definition) is 1. The highest BCUT2D eigenvalue weighted by Crippen LogP contribution is 2.37. The normalized spacial score (nSPS) is 10.8. The van der Waals surface area contributed by atoms with Gasteiger partial charge in [0.15, 0.2) is 0 Å². The van der Waals surface area contributed by atoms with Crippen molar-refractivity contribution >= 4 is 23.0 Å². The third kappa shape index (κ3) is 6.38. The molecule has 208 valence electrons. The summed E-state index contributed by atoms with van der Waals surface area (Å²) in [6.45, 7) is 4.46. The van der Waals surface area contributed by atoms with Crippen molar-refractivity contribution in [2.45, 2.75) is 27.1 Å². The van der Waals surface area contributed by atoms with Gasteiger partial charge in [0.1, 0.15) is 41.6 Å². The van der Waals surface area contributed by atoms with Gasteiger partial charge in [-0.2, -0.15) is 0 Å². The van der Waals surface area contributed by atoms with E-state index in [9.17, 15) is 9.59 Å². The van der Waals surface area contributed by atoms with E-state index in [0.29, 0.717) is 39.5 Å². The Morgan fingerprint density at radius 3 is 1.88 bits per heavy atom. The molecule has 5 rings (SSSR count). The maximum Gasteiger partial charge on any atom is 0.342 e. The molecular formula is C33H30N2O6. The number of rotatable bonds is 11. The number of carbonyl (C=O) groups is 2. The number of H-pyrrole nitrogens is 1. The molecule has 4 aromatic carbocycles. The molecule has 0 atom stereocenters. The summed E-state index contributed by atoms with van der Waals surface area (Å²) in [6.07, 6.45) is 0.